The highest BCUT2D eigenvalue weighted by Gasteiger charge is 2.33. The molecule has 1 rings (SSSR count). The van der Waals surface area contributed by atoms with E-state index in [0.717, 1.165) is 50.3 Å². The highest BCUT2D eigenvalue weighted by molar-refractivity contribution is 5.97. The normalized spacial score (nSPS) is 13.5. The standard InChI is InChI=1S/C21H36N2O3/c1-6-10-15-21(5,26-9-4)20(24)22-18-11-13-19(14-12-18)25-17-16-23(7-2)8-3/h11-14H,6-10,15-17H2,1-5H3,(H,22,24)/t21-/m0/s1. The summed E-state index contributed by atoms with van der Waals surface area (Å²) in [5.41, 5.74) is -0.0301. The number of nitrogens with one attached hydrogen (secondary N) is 1. The Morgan fingerprint density at radius 2 is 1.77 bits per heavy atom. The zero-order valence-corrected chi connectivity index (χ0v) is 17.1. The van der Waals surface area contributed by atoms with Gasteiger partial charge >= 0.3 is 0 Å². The number of anilines is 1. The number of likely N-dealkylation sites (N-methyl/N-ethyl adjacent to an activating group) is 1. The minimum atomic E-state index is -0.788. The van der Waals surface area contributed by atoms with Crippen LogP contribution in [0.25, 0.3) is 0 Å². The molecule has 0 saturated carbocycles. The Morgan fingerprint density at radius 3 is 2.31 bits per heavy atom. The van der Waals surface area contributed by atoms with Crippen LogP contribution in [-0.4, -0.2) is 49.3 Å². The molecule has 0 saturated heterocycles. The molecule has 0 aliphatic rings. The topological polar surface area (TPSA) is 50.8 Å². The van der Waals surface area contributed by atoms with Gasteiger partial charge in [-0.15, -0.1) is 0 Å². The molecule has 0 spiro atoms. The van der Waals surface area contributed by atoms with Gasteiger partial charge in [-0.05, 0) is 57.6 Å². The highest BCUT2D eigenvalue weighted by atomic mass is 16.5. The Kier molecular flexibility index (Phi) is 10.3. The molecule has 148 valence electrons. The first-order chi connectivity index (χ1) is 12.5. The van der Waals surface area contributed by atoms with E-state index >= 15 is 0 Å². The quantitative estimate of drug-likeness (QED) is 0.566. The molecule has 26 heavy (non-hydrogen) atoms. The zero-order valence-electron chi connectivity index (χ0n) is 17.1. The molecule has 0 unspecified atom stereocenters. The van der Waals surface area contributed by atoms with E-state index in [2.05, 4.69) is 31.0 Å². The second-order valence-electron chi connectivity index (χ2n) is 6.62. The first-order valence-corrected chi connectivity index (χ1v) is 9.89. The maximum absolute atomic E-state index is 12.7. The number of unbranched alkanes of at least 4 members (excludes halogenated alkanes) is 1. The van der Waals surface area contributed by atoms with Crippen LogP contribution in [0.15, 0.2) is 24.3 Å². The van der Waals surface area contributed by atoms with Gasteiger partial charge in [-0.3, -0.25) is 4.79 Å². The smallest absolute Gasteiger partial charge is 0.256 e. The van der Waals surface area contributed by atoms with Crippen molar-refractivity contribution in [3.63, 3.8) is 0 Å². The van der Waals surface area contributed by atoms with Crippen molar-refractivity contribution in [3.05, 3.63) is 24.3 Å². The van der Waals surface area contributed by atoms with Crippen LogP contribution in [0.4, 0.5) is 5.69 Å². The van der Waals surface area contributed by atoms with Gasteiger partial charge in [0.2, 0.25) is 0 Å². The van der Waals surface area contributed by atoms with E-state index in [1.165, 1.54) is 0 Å². The number of rotatable bonds is 13. The van der Waals surface area contributed by atoms with Gasteiger partial charge in [0, 0.05) is 18.8 Å². The van der Waals surface area contributed by atoms with Crippen LogP contribution in [0.5, 0.6) is 5.75 Å². The molecule has 0 aliphatic heterocycles. The molecule has 5 heteroatoms. The van der Waals surface area contributed by atoms with Gasteiger partial charge in [-0.1, -0.05) is 33.6 Å². The molecular formula is C21H36N2O3. The van der Waals surface area contributed by atoms with Crippen molar-refractivity contribution in [2.75, 3.05) is 38.2 Å². The van der Waals surface area contributed by atoms with Gasteiger partial charge in [0.1, 0.15) is 18.0 Å². The van der Waals surface area contributed by atoms with Crippen LogP contribution >= 0.6 is 0 Å². The van der Waals surface area contributed by atoms with Crippen LogP contribution in [-0.2, 0) is 9.53 Å². The summed E-state index contributed by atoms with van der Waals surface area (Å²) in [4.78, 5) is 15.0. The van der Waals surface area contributed by atoms with Crippen molar-refractivity contribution < 1.29 is 14.3 Å². The van der Waals surface area contributed by atoms with Crippen molar-refractivity contribution >= 4 is 11.6 Å². The summed E-state index contributed by atoms with van der Waals surface area (Å²) in [5.74, 6) is 0.719. The van der Waals surface area contributed by atoms with Crippen LogP contribution in [0.1, 0.15) is 53.9 Å². The van der Waals surface area contributed by atoms with Gasteiger partial charge in [-0.25, -0.2) is 0 Å². The van der Waals surface area contributed by atoms with Crippen molar-refractivity contribution in [1.29, 1.82) is 0 Å². The number of amides is 1. The lowest BCUT2D eigenvalue weighted by molar-refractivity contribution is -0.139. The molecule has 5 nitrogen and oxygen atoms in total. The summed E-state index contributed by atoms with van der Waals surface area (Å²) >= 11 is 0. The third kappa shape index (κ3) is 7.34. The van der Waals surface area contributed by atoms with Crippen LogP contribution in [0.3, 0.4) is 0 Å². The number of ether oxygens (including phenoxy) is 2. The predicted octanol–water partition coefficient (Wildman–Crippen LogP) is 4.33. The van der Waals surface area contributed by atoms with Crippen LogP contribution in [0.2, 0.25) is 0 Å². The summed E-state index contributed by atoms with van der Waals surface area (Å²) < 4.78 is 11.5. The van der Waals surface area contributed by atoms with Crippen molar-refractivity contribution in [2.24, 2.45) is 0 Å². The zero-order chi connectivity index (χ0) is 19.4. The summed E-state index contributed by atoms with van der Waals surface area (Å²) in [5, 5.41) is 2.97. The number of benzene rings is 1. The average Bonchev–Trinajstić information content (AvgIpc) is 2.65. The number of hydrogen-bond acceptors (Lipinski definition) is 4. The Bertz CT molecular complexity index is 514. The Morgan fingerprint density at radius 1 is 1.12 bits per heavy atom. The first kappa shape index (κ1) is 22.5. The van der Waals surface area contributed by atoms with E-state index in [0.29, 0.717) is 13.2 Å². The third-order valence-corrected chi connectivity index (χ3v) is 4.63. The maximum atomic E-state index is 12.7. The summed E-state index contributed by atoms with van der Waals surface area (Å²) in [6, 6.07) is 7.53. The monoisotopic (exact) mass is 364 g/mol. The minimum absolute atomic E-state index is 0.0944. The van der Waals surface area contributed by atoms with Gasteiger partial charge in [0.25, 0.3) is 5.91 Å². The number of nitrogens with zero attached hydrogens (tertiary/aromatic N) is 1. The van der Waals surface area contributed by atoms with E-state index in [1.54, 1.807) is 0 Å². The van der Waals surface area contributed by atoms with E-state index in [9.17, 15) is 4.79 Å². The van der Waals surface area contributed by atoms with E-state index in [4.69, 9.17) is 9.47 Å². The molecule has 1 aromatic rings. The molecule has 0 radical (unpaired) electrons. The average molecular weight is 365 g/mol. The molecule has 0 bridgehead atoms. The maximum Gasteiger partial charge on any atom is 0.256 e. The van der Waals surface area contributed by atoms with Crippen LogP contribution < -0.4 is 10.1 Å². The van der Waals surface area contributed by atoms with E-state index in [-0.39, 0.29) is 5.91 Å². The third-order valence-electron chi connectivity index (χ3n) is 4.63. The molecule has 0 heterocycles. The molecule has 1 atom stereocenters. The second-order valence-corrected chi connectivity index (χ2v) is 6.62. The van der Waals surface area contributed by atoms with Gasteiger partial charge in [-0.2, -0.15) is 0 Å². The molecule has 0 fully saturated rings. The Labute approximate surface area is 159 Å². The number of carbonyl (C=O) groups excluding carboxylic acids is 1. The molecule has 1 N–H and O–H groups in total. The fourth-order valence-corrected chi connectivity index (χ4v) is 2.81. The largest absolute Gasteiger partial charge is 0.492 e. The van der Waals surface area contributed by atoms with Crippen LogP contribution in [0, 0.1) is 0 Å². The summed E-state index contributed by atoms with van der Waals surface area (Å²) in [7, 11) is 0. The van der Waals surface area contributed by atoms with Crippen molar-refractivity contribution in [2.45, 2.75) is 59.5 Å². The Hall–Kier alpha value is -1.59. The Balaban J connectivity index is 2.58. The molecule has 1 amide bonds. The molecular weight excluding hydrogens is 328 g/mol. The summed E-state index contributed by atoms with van der Waals surface area (Å²) in [6.45, 7) is 14.4. The van der Waals surface area contributed by atoms with Gasteiger partial charge in [0.15, 0.2) is 0 Å². The van der Waals surface area contributed by atoms with Gasteiger partial charge < -0.3 is 19.7 Å². The van der Waals surface area contributed by atoms with E-state index < -0.39 is 5.60 Å². The van der Waals surface area contributed by atoms with Crippen molar-refractivity contribution in [3.8, 4) is 5.75 Å². The lowest BCUT2D eigenvalue weighted by atomic mass is 9.97. The molecule has 1 aromatic carbocycles. The highest BCUT2D eigenvalue weighted by Crippen LogP contribution is 2.23. The lowest BCUT2D eigenvalue weighted by Crippen LogP contribution is -2.42. The molecule has 0 aromatic heterocycles. The fourth-order valence-electron chi connectivity index (χ4n) is 2.81. The van der Waals surface area contributed by atoms with Gasteiger partial charge in [0.05, 0.1) is 0 Å². The SMILES string of the molecule is CCCC[C@](C)(OCC)C(=O)Nc1ccc(OCCN(CC)CC)cc1. The second kappa shape index (κ2) is 11.9. The minimum Gasteiger partial charge on any atom is -0.492 e. The summed E-state index contributed by atoms with van der Waals surface area (Å²) in [6.07, 6.45) is 2.72. The number of hydrogen-bond donors (Lipinski definition) is 1. The van der Waals surface area contributed by atoms with E-state index in [1.807, 2.05) is 38.1 Å². The fraction of sp³-hybridized carbons (Fsp3) is 0.667. The number of carbonyl (C=O) groups is 1. The molecule has 0 aliphatic carbocycles. The lowest BCUT2D eigenvalue weighted by Gasteiger charge is -2.28. The van der Waals surface area contributed by atoms with Crippen molar-refractivity contribution in [1.82, 2.24) is 4.90 Å². The predicted molar refractivity (Wildman–Crippen MR) is 108 cm³/mol. The first-order valence-electron chi connectivity index (χ1n) is 9.89.